The molecule has 1 saturated heterocycles. The fourth-order valence-corrected chi connectivity index (χ4v) is 5.11. The standard InChI is InChI=1S/C24H28N4O2S.3ClH/c1-29-23-5-3-2-4-22(23)27-12-10-26(11-13-27)14-16-30-20-8-6-19(7-9-20)21-18-28-15-17-31-24(28)25-21;;;/h2-9,18H,10-17H2,1H3;3*1H. The number of aryl methyl sites for hydroxylation is 1. The zero-order chi connectivity index (χ0) is 21.0. The molecule has 3 heterocycles. The predicted molar refractivity (Wildman–Crippen MR) is 147 cm³/mol. The first kappa shape index (κ1) is 28.5. The van der Waals surface area contributed by atoms with Gasteiger partial charge < -0.3 is 18.9 Å². The third-order valence-electron chi connectivity index (χ3n) is 5.93. The first-order chi connectivity index (χ1) is 15.3. The molecule has 0 amide bonds. The molecular weight excluding hydrogens is 515 g/mol. The van der Waals surface area contributed by atoms with Gasteiger partial charge in [0, 0.05) is 56.8 Å². The van der Waals surface area contributed by atoms with E-state index in [-0.39, 0.29) is 37.2 Å². The van der Waals surface area contributed by atoms with Crippen molar-refractivity contribution in [3.05, 3.63) is 54.7 Å². The number of hydrogen-bond acceptors (Lipinski definition) is 6. The average Bonchev–Trinajstić information content (AvgIpc) is 3.43. The molecule has 2 aliphatic heterocycles. The van der Waals surface area contributed by atoms with Crippen molar-refractivity contribution in [3.8, 4) is 22.8 Å². The topological polar surface area (TPSA) is 42.8 Å². The summed E-state index contributed by atoms with van der Waals surface area (Å²) in [4.78, 5) is 9.58. The van der Waals surface area contributed by atoms with Crippen LogP contribution < -0.4 is 14.4 Å². The van der Waals surface area contributed by atoms with Crippen molar-refractivity contribution >= 4 is 54.7 Å². The highest BCUT2D eigenvalue weighted by Gasteiger charge is 2.19. The highest BCUT2D eigenvalue weighted by Crippen LogP contribution is 2.30. The van der Waals surface area contributed by atoms with Gasteiger partial charge in [-0.1, -0.05) is 23.9 Å². The molecule has 0 N–H and O–H groups in total. The maximum absolute atomic E-state index is 6.00. The maximum atomic E-state index is 6.00. The number of imidazole rings is 1. The summed E-state index contributed by atoms with van der Waals surface area (Å²) in [5.74, 6) is 2.99. The lowest BCUT2D eigenvalue weighted by Crippen LogP contribution is -2.47. The van der Waals surface area contributed by atoms with Crippen molar-refractivity contribution in [2.45, 2.75) is 11.7 Å². The number of ether oxygens (including phenoxy) is 2. The molecule has 1 fully saturated rings. The quantitative estimate of drug-likeness (QED) is 0.410. The van der Waals surface area contributed by atoms with E-state index in [0.29, 0.717) is 6.61 Å². The van der Waals surface area contributed by atoms with Crippen LogP contribution in [0, 0.1) is 0 Å². The van der Waals surface area contributed by atoms with Crippen molar-refractivity contribution in [2.24, 2.45) is 0 Å². The summed E-state index contributed by atoms with van der Waals surface area (Å²) in [6.45, 7) is 6.76. The van der Waals surface area contributed by atoms with E-state index in [1.807, 2.05) is 36.0 Å². The molecule has 186 valence electrons. The number of piperazine rings is 1. The predicted octanol–water partition coefficient (Wildman–Crippen LogP) is 5.13. The number of aromatic nitrogens is 2. The van der Waals surface area contributed by atoms with Gasteiger partial charge in [-0.05, 0) is 36.4 Å². The zero-order valence-corrected chi connectivity index (χ0v) is 22.4. The molecule has 10 heteroatoms. The van der Waals surface area contributed by atoms with Crippen LogP contribution in [-0.4, -0.2) is 66.6 Å². The monoisotopic (exact) mass is 544 g/mol. The number of benzene rings is 2. The highest BCUT2D eigenvalue weighted by molar-refractivity contribution is 7.99. The third-order valence-corrected chi connectivity index (χ3v) is 6.90. The Kier molecular flexibility index (Phi) is 11.2. The highest BCUT2D eigenvalue weighted by atomic mass is 35.5. The summed E-state index contributed by atoms with van der Waals surface area (Å²) in [5.41, 5.74) is 3.37. The second-order valence-electron chi connectivity index (χ2n) is 7.82. The Labute approximate surface area is 224 Å². The van der Waals surface area contributed by atoms with E-state index in [1.165, 1.54) is 5.69 Å². The Morgan fingerprint density at radius 3 is 2.35 bits per heavy atom. The van der Waals surface area contributed by atoms with Crippen LogP contribution in [0.25, 0.3) is 11.3 Å². The first-order valence-electron chi connectivity index (χ1n) is 10.8. The smallest absolute Gasteiger partial charge is 0.168 e. The van der Waals surface area contributed by atoms with Crippen molar-refractivity contribution in [1.29, 1.82) is 0 Å². The molecule has 0 aliphatic carbocycles. The van der Waals surface area contributed by atoms with Gasteiger partial charge >= 0.3 is 0 Å². The second-order valence-corrected chi connectivity index (χ2v) is 8.89. The number of rotatable bonds is 7. The van der Waals surface area contributed by atoms with E-state index in [2.05, 4.69) is 44.8 Å². The van der Waals surface area contributed by atoms with Gasteiger partial charge in [0.15, 0.2) is 5.16 Å². The average molecular weight is 546 g/mol. The van der Waals surface area contributed by atoms with Gasteiger partial charge in [0.25, 0.3) is 0 Å². The summed E-state index contributed by atoms with van der Waals surface area (Å²) in [7, 11) is 1.74. The molecule has 0 unspecified atom stereocenters. The summed E-state index contributed by atoms with van der Waals surface area (Å²) in [5, 5.41) is 1.13. The zero-order valence-electron chi connectivity index (χ0n) is 19.1. The summed E-state index contributed by atoms with van der Waals surface area (Å²) in [6.07, 6.45) is 2.15. The summed E-state index contributed by atoms with van der Waals surface area (Å²) >= 11 is 1.82. The molecule has 6 nitrogen and oxygen atoms in total. The minimum absolute atomic E-state index is 0. The molecule has 2 aromatic carbocycles. The summed E-state index contributed by atoms with van der Waals surface area (Å²) < 4.78 is 13.7. The van der Waals surface area contributed by atoms with Crippen LogP contribution in [0.3, 0.4) is 0 Å². The molecule has 0 atom stereocenters. The molecular formula is C24H31Cl3N4O2S. The molecule has 0 bridgehead atoms. The number of para-hydroxylation sites is 2. The fourth-order valence-electron chi connectivity index (χ4n) is 4.17. The largest absolute Gasteiger partial charge is 0.495 e. The van der Waals surface area contributed by atoms with Gasteiger partial charge in [0.2, 0.25) is 0 Å². The van der Waals surface area contributed by atoms with Crippen LogP contribution in [0.2, 0.25) is 0 Å². The molecule has 0 saturated carbocycles. The van der Waals surface area contributed by atoms with E-state index in [9.17, 15) is 0 Å². The van der Waals surface area contributed by atoms with Crippen LogP contribution >= 0.6 is 49.0 Å². The Balaban J connectivity index is 0.00000136. The third kappa shape index (κ3) is 6.46. The van der Waals surface area contributed by atoms with Crippen LogP contribution in [0.5, 0.6) is 11.5 Å². The Morgan fingerprint density at radius 1 is 0.912 bits per heavy atom. The second kappa shape index (κ2) is 13.4. The molecule has 1 aromatic heterocycles. The van der Waals surface area contributed by atoms with Gasteiger partial charge in [-0.25, -0.2) is 4.98 Å². The Hall–Kier alpha value is -1.77. The first-order valence-corrected chi connectivity index (χ1v) is 11.8. The number of thioether (sulfide) groups is 1. The number of anilines is 1. The molecule has 0 spiro atoms. The van der Waals surface area contributed by atoms with E-state index < -0.39 is 0 Å². The van der Waals surface area contributed by atoms with Gasteiger partial charge in [-0.2, -0.15) is 0 Å². The molecule has 2 aliphatic rings. The van der Waals surface area contributed by atoms with Crippen LogP contribution in [0.15, 0.2) is 59.9 Å². The van der Waals surface area contributed by atoms with Crippen molar-refractivity contribution in [3.63, 3.8) is 0 Å². The normalized spacial score (nSPS) is 14.9. The van der Waals surface area contributed by atoms with E-state index in [4.69, 9.17) is 14.5 Å². The lowest BCUT2D eigenvalue weighted by molar-refractivity contribution is 0.200. The van der Waals surface area contributed by atoms with Gasteiger partial charge in [-0.15, -0.1) is 37.2 Å². The van der Waals surface area contributed by atoms with Gasteiger partial charge in [-0.3, -0.25) is 4.90 Å². The van der Waals surface area contributed by atoms with Gasteiger partial charge in [0.05, 0.1) is 18.5 Å². The fraction of sp³-hybridized carbons (Fsp3) is 0.375. The summed E-state index contributed by atoms with van der Waals surface area (Å²) in [6, 6.07) is 16.6. The number of hydrogen-bond donors (Lipinski definition) is 0. The van der Waals surface area contributed by atoms with Crippen molar-refractivity contribution in [1.82, 2.24) is 14.5 Å². The SMILES string of the molecule is COc1ccccc1N1CCN(CCOc2ccc(-c3cn4c(n3)SCC4)cc2)CC1.Cl.Cl.Cl. The van der Waals surface area contributed by atoms with E-state index in [1.54, 1.807) is 7.11 Å². The number of halogens is 3. The Bertz CT molecular complexity index is 1010. The van der Waals surface area contributed by atoms with Gasteiger partial charge in [0.1, 0.15) is 18.1 Å². The molecule has 0 radical (unpaired) electrons. The minimum Gasteiger partial charge on any atom is -0.495 e. The molecule has 3 aromatic rings. The van der Waals surface area contributed by atoms with E-state index in [0.717, 1.165) is 72.9 Å². The number of methoxy groups -OCH3 is 1. The number of fused-ring (bicyclic) bond motifs is 1. The Morgan fingerprint density at radius 2 is 1.65 bits per heavy atom. The van der Waals surface area contributed by atoms with Crippen molar-refractivity contribution in [2.75, 3.05) is 57.1 Å². The molecule has 5 rings (SSSR count). The molecule has 34 heavy (non-hydrogen) atoms. The maximum Gasteiger partial charge on any atom is 0.168 e. The lowest BCUT2D eigenvalue weighted by atomic mass is 10.1. The van der Waals surface area contributed by atoms with Crippen LogP contribution in [-0.2, 0) is 6.54 Å². The van der Waals surface area contributed by atoms with Crippen LogP contribution in [0.4, 0.5) is 5.69 Å². The minimum atomic E-state index is 0. The lowest BCUT2D eigenvalue weighted by Gasteiger charge is -2.36. The number of nitrogens with zero attached hydrogens (tertiary/aromatic N) is 4. The van der Waals surface area contributed by atoms with Crippen LogP contribution in [0.1, 0.15) is 0 Å². The van der Waals surface area contributed by atoms with Crippen molar-refractivity contribution < 1.29 is 9.47 Å². The van der Waals surface area contributed by atoms with E-state index >= 15 is 0 Å².